The number of hydrogen-bond donors (Lipinski definition) is 2. The van der Waals surface area contributed by atoms with Crippen LogP contribution < -0.4 is 10.6 Å². The number of anilines is 1. The topological polar surface area (TPSA) is 88.9 Å². The minimum Gasteiger partial charge on any atom is -0.344 e. The lowest BCUT2D eigenvalue weighted by Gasteiger charge is -2.12. The Labute approximate surface area is 135 Å². The number of rotatable bonds is 5. The van der Waals surface area contributed by atoms with Crippen LogP contribution in [0.2, 0.25) is 0 Å². The Morgan fingerprint density at radius 1 is 1.17 bits per heavy atom. The van der Waals surface area contributed by atoms with Crippen LogP contribution in [-0.4, -0.2) is 26.6 Å². The van der Waals surface area contributed by atoms with Gasteiger partial charge in [0.05, 0.1) is 6.04 Å². The molecule has 2 N–H and O–H groups in total. The van der Waals surface area contributed by atoms with E-state index in [4.69, 9.17) is 0 Å². The maximum atomic E-state index is 12.3. The molecule has 0 saturated heterocycles. The quantitative estimate of drug-likeness (QED) is 0.882. The van der Waals surface area contributed by atoms with Crippen molar-refractivity contribution in [3.8, 4) is 0 Å². The summed E-state index contributed by atoms with van der Waals surface area (Å²) in [4.78, 5) is 28.0. The molecule has 7 nitrogen and oxygen atoms in total. The summed E-state index contributed by atoms with van der Waals surface area (Å²) in [6, 6.07) is 5.09. The Hall–Kier alpha value is -2.70. The van der Waals surface area contributed by atoms with Crippen LogP contribution >= 0.6 is 0 Å². The smallest absolute Gasteiger partial charge is 0.272 e. The molecule has 23 heavy (non-hydrogen) atoms. The first-order chi connectivity index (χ1) is 10.9. The van der Waals surface area contributed by atoms with Crippen molar-refractivity contribution in [2.24, 2.45) is 13.0 Å². The van der Waals surface area contributed by atoms with Crippen LogP contribution in [0.5, 0.6) is 0 Å². The predicted molar refractivity (Wildman–Crippen MR) is 86.8 cm³/mol. The van der Waals surface area contributed by atoms with Crippen LogP contribution in [0.4, 0.5) is 5.82 Å². The lowest BCUT2D eigenvalue weighted by molar-refractivity contribution is -0.118. The van der Waals surface area contributed by atoms with Gasteiger partial charge in [0.15, 0.2) is 5.69 Å². The molecule has 0 aromatic carbocycles. The Balaban J connectivity index is 2.07. The molecule has 0 spiro atoms. The van der Waals surface area contributed by atoms with E-state index in [1.165, 1.54) is 4.68 Å². The Morgan fingerprint density at radius 3 is 2.43 bits per heavy atom. The summed E-state index contributed by atoms with van der Waals surface area (Å²) in [6.45, 7) is 5.49. The van der Waals surface area contributed by atoms with Gasteiger partial charge in [-0.15, -0.1) is 0 Å². The number of carbonyl (C=O) groups excluding carboxylic acids is 2. The van der Waals surface area contributed by atoms with Crippen LogP contribution in [0.3, 0.4) is 0 Å². The lowest BCUT2D eigenvalue weighted by atomic mass is 10.1. The third kappa shape index (κ3) is 4.15. The highest BCUT2D eigenvalue weighted by Gasteiger charge is 2.17. The van der Waals surface area contributed by atoms with Crippen molar-refractivity contribution < 1.29 is 9.59 Å². The van der Waals surface area contributed by atoms with Crippen molar-refractivity contribution in [2.45, 2.75) is 26.8 Å². The fourth-order valence-electron chi connectivity index (χ4n) is 1.97. The van der Waals surface area contributed by atoms with Gasteiger partial charge in [-0.3, -0.25) is 19.3 Å². The molecular formula is C16H21N5O2. The number of nitrogens with one attached hydrogen (secondary N) is 2. The van der Waals surface area contributed by atoms with Gasteiger partial charge >= 0.3 is 0 Å². The highest BCUT2D eigenvalue weighted by atomic mass is 16.2. The van der Waals surface area contributed by atoms with Gasteiger partial charge in [0.1, 0.15) is 5.82 Å². The van der Waals surface area contributed by atoms with Gasteiger partial charge in [-0.05, 0) is 24.6 Å². The molecule has 2 aromatic heterocycles. The van der Waals surface area contributed by atoms with E-state index in [9.17, 15) is 9.59 Å². The first-order valence-electron chi connectivity index (χ1n) is 7.44. The van der Waals surface area contributed by atoms with Crippen LogP contribution in [0.1, 0.15) is 42.9 Å². The first-order valence-corrected chi connectivity index (χ1v) is 7.44. The number of hydrogen-bond acceptors (Lipinski definition) is 4. The summed E-state index contributed by atoms with van der Waals surface area (Å²) in [5, 5.41) is 9.76. The van der Waals surface area contributed by atoms with E-state index in [0.29, 0.717) is 5.82 Å². The van der Waals surface area contributed by atoms with Gasteiger partial charge in [-0.2, -0.15) is 5.10 Å². The SMILES string of the molecule is CC(C)C(=O)Nc1cc(C(=O)N[C@@H](C)c2ccncc2)nn1C. The fraction of sp³-hybridized carbons (Fsp3) is 0.375. The zero-order chi connectivity index (χ0) is 17.0. The fourth-order valence-corrected chi connectivity index (χ4v) is 1.97. The van der Waals surface area contributed by atoms with Crippen molar-refractivity contribution >= 4 is 17.6 Å². The maximum absolute atomic E-state index is 12.3. The second kappa shape index (κ2) is 7.04. The molecule has 7 heteroatoms. The van der Waals surface area contributed by atoms with Crippen LogP contribution in [0.15, 0.2) is 30.6 Å². The number of amides is 2. The van der Waals surface area contributed by atoms with Crippen molar-refractivity contribution in [2.75, 3.05) is 5.32 Å². The third-order valence-electron chi connectivity index (χ3n) is 3.44. The molecule has 0 fully saturated rings. The van der Waals surface area contributed by atoms with E-state index in [1.54, 1.807) is 39.4 Å². The molecular weight excluding hydrogens is 294 g/mol. The zero-order valence-electron chi connectivity index (χ0n) is 13.7. The second-order valence-electron chi connectivity index (χ2n) is 5.66. The molecule has 122 valence electrons. The molecule has 1 atom stereocenters. The molecule has 2 heterocycles. The van der Waals surface area contributed by atoms with Crippen molar-refractivity contribution in [1.29, 1.82) is 0 Å². The van der Waals surface area contributed by atoms with Gasteiger partial charge in [-0.25, -0.2) is 0 Å². The van der Waals surface area contributed by atoms with Crippen molar-refractivity contribution in [1.82, 2.24) is 20.1 Å². The van der Waals surface area contributed by atoms with Gasteiger partial charge in [0.2, 0.25) is 5.91 Å². The third-order valence-corrected chi connectivity index (χ3v) is 3.44. The van der Waals surface area contributed by atoms with Gasteiger partial charge in [0.25, 0.3) is 5.91 Å². The predicted octanol–water partition coefficient (Wildman–Crippen LogP) is 1.90. The van der Waals surface area contributed by atoms with E-state index < -0.39 is 0 Å². The van der Waals surface area contributed by atoms with Crippen molar-refractivity contribution in [3.05, 3.63) is 41.9 Å². The van der Waals surface area contributed by atoms with E-state index in [0.717, 1.165) is 5.56 Å². The van der Waals surface area contributed by atoms with Crippen molar-refractivity contribution in [3.63, 3.8) is 0 Å². The summed E-state index contributed by atoms with van der Waals surface area (Å²) in [5.41, 5.74) is 1.21. The van der Waals surface area contributed by atoms with Crippen LogP contribution in [0.25, 0.3) is 0 Å². The Kier molecular flexibility index (Phi) is 5.10. The number of aryl methyl sites for hydroxylation is 1. The van der Waals surface area contributed by atoms with Crippen LogP contribution in [0, 0.1) is 5.92 Å². The summed E-state index contributed by atoms with van der Waals surface area (Å²) in [5.74, 6) is -0.0700. The second-order valence-corrected chi connectivity index (χ2v) is 5.66. The maximum Gasteiger partial charge on any atom is 0.272 e. The highest BCUT2D eigenvalue weighted by molar-refractivity contribution is 5.96. The van der Waals surface area contributed by atoms with E-state index >= 15 is 0 Å². The summed E-state index contributed by atoms with van der Waals surface area (Å²) >= 11 is 0. The van der Waals surface area contributed by atoms with E-state index in [-0.39, 0.29) is 29.5 Å². The highest BCUT2D eigenvalue weighted by Crippen LogP contribution is 2.14. The minimum atomic E-state index is -0.296. The van der Waals surface area contributed by atoms with Crippen LogP contribution in [-0.2, 0) is 11.8 Å². The molecule has 0 aliphatic carbocycles. The Bertz CT molecular complexity index is 694. The van der Waals surface area contributed by atoms with Gasteiger partial charge in [0, 0.05) is 31.4 Å². The molecule has 2 amide bonds. The zero-order valence-corrected chi connectivity index (χ0v) is 13.7. The average molecular weight is 315 g/mol. The molecule has 0 bridgehead atoms. The molecule has 0 radical (unpaired) electrons. The number of aromatic nitrogens is 3. The molecule has 0 saturated carbocycles. The standard InChI is InChI=1S/C16H21N5O2/c1-10(2)15(22)19-14-9-13(20-21(14)4)16(23)18-11(3)12-5-7-17-8-6-12/h5-11H,1-4H3,(H,18,23)(H,19,22)/t11-/m0/s1. The van der Waals surface area contributed by atoms with Gasteiger partial charge in [-0.1, -0.05) is 13.8 Å². The van der Waals surface area contributed by atoms with E-state index in [1.807, 2.05) is 19.1 Å². The lowest BCUT2D eigenvalue weighted by Crippen LogP contribution is -2.27. The minimum absolute atomic E-state index is 0.120. The number of pyridine rings is 1. The summed E-state index contributed by atoms with van der Waals surface area (Å²) in [7, 11) is 1.68. The molecule has 0 unspecified atom stereocenters. The normalized spacial score (nSPS) is 12.0. The largest absolute Gasteiger partial charge is 0.344 e. The monoisotopic (exact) mass is 315 g/mol. The molecule has 2 rings (SSSR count). The van der Waals surface area contributed by atoms with E-state index in [2.05, 4.69) is 20.7 Å². The average Bonchev–Trinajstić information content (AvgIpc) is 2.89. The first kappa shape index (κ1) is 16.7. The number of carbonyl (C=O) groups is 2. The van der Waals surface area contributed by atoms with Gasteiger partial charge < -0.3 is 10.6 Å². The summed E-state index contributed by atoms with van der Waals surface area (Å²) < 4.78 is 1.48. The Morgan fingerprint density at radius 2 is 1.83 bits per heavy atom. The summed E-state index contributed by atoms with van der Waals surface area (Å²) in [6.07, 6.45) is 3.36. The molecule has 2 aromatic rings. The number of nitrogens with zero attached hydrogens (tertiary/aromatic N) is 3. The molecule has 0 aliphatic rings. The molecule has 0 aliphatic heterocycles.